The van der Waals surface area contributed by atoms with Crippen LogP contribution in [0.15, 0.2) is 34.5 Å². The Balaban J connectivity index is 1.74. The predicted molar refractivity (Wildman–Crippen MR) is 87.8 cm³/mol. The highest BCUT2D eigenvalue weighted by atomic mass is 32.1. The number of amides is 1. The van der Waals surface area contributed by atoms with Gasteiger partial charge in [0.05, 0.1) is 17.4 Å². The van der Waals surface area contributed by atoms with E-state index in [1.807, 2.05) is 6.92 Å². The number of rotatable bonds is 5. The van der Waals surface area contributed by atoms with Gasteiger partial charge in [0.15, 0.2) is 5.11 Å². The summed E-state index contributed by atoms with van der Waals surface area (Å²) >= 11 is 5.08. The number of carbonyl (C=O) groups is 1. The SMILES string of the molecule is CCN1C(=O)/C(=C\c2ccc(Cn3ccc([N+](=O)[O-])n3)o2)NC1=S. The van der Waals surface area contributed by atoms with E-state index in [1.165, 1.54) is 21.8 Å². The predicted octanol–water partition coefficient (Wildman–Crippen LogP) is 1.51. The molecule has 3 heterocycles. The van der Waals surface area contributed by atoms with Gasteiger partial charge in [0.25, 0.3) is 5.91 Å². The van der Waals surface area contributed by atoms with Crippen molar-refractivity contribution in [3.05, 3.63) is 51.7 Å². The monoisotopic (exact) mass is 347 g/mol. The van der Waals surface area contributed by atoms with E-state index in [0.717, 1.165) is 0 Å². The molecule has 1 fully saturated rings. The maximum Gasteiger partial charge on any atom is 0.389 e. The van der Waals surface area contributed by atoms with Gasteiger partial charge in [-0.1, -0.05) is 0 Å². The van der Waals surface area contributed by atoms with Crippen LogP contribution in [0.25, 0.3) is 6.08 Å². The molecule has 0 radical (unpaired) electrons. The fourth-order valence-corrected chi connectivity index (χ4v) is 2.58. The molecule has 1 amide bonds. The van der Waals surface area contributed by atoms with Crippen LogP contribution in [-0.2, 0) is 11.3 Å². The first-order valence-corrected chi connectivity index (χ1v) is 7.50. The van der Waals surface area contributed by atoms with Crippen LogP contribution in [0, 0.1) is 10.1 Å². The van der Waals surface area contributed by atoms with Gasteiger partial charge >= 0.3 is 5.82 Å². The molecule has 1 aliphatic heterocycles. The molecule has 1 N–H and O–H groups in total. The lowest BCUT2D eigenvalue weighted by molar-refractivity contribution is -0.389. The molecule has 9 nitrogen and oxygen atoms in total. The van der Waals surface area contributed by atoms with Crippen molar-refractivity contribution in [2.45, 2.75) is 13.5 Å². The van der Waals surface area contributed by atoms with Gasteiger partial charge in [-0.3, -0.25) is 9.69 Å². The summed E-state index contributed by atoms with van der Waals surface area (Å²) in [5, 5.41) is 17.6. The number of thiocarbonyl (C=S) groups is 1. The summed E-state index contributed by atoms with van der Waals surface area (Å²) in [4.78, 5) is 23.6. The first kappa shape index (κ1) is 15.9. The van der Waals surface area contributed by atoms with Crippen LogP contribution in [0.1, 0.15) is 18.4 Å². The highest BCUT2D eigenvalue weighted by molar-refractivity contribution is 7.80. The van der Waals surface area contributed by atoms with Crippen LogP contribution in [0.2, 0.25) is 0 Å². The molecule has 10 heteroatoms. The van der Waals surface area contributed by atoms with Crippen LogP contribution in [0.5, 0.6) is 0 Å². The van der Waals surface area contributed by atoms with Gasteiger partial charge < -0.3 is 19.8 Å². The Bertz CT molecular complexity index is 853. The molecule has 0 unspecified atom stereocenters. The number of likely N-dealkylation sites (N-methyl/N-ethyl adjacent to an activating group) is 1. The van der Waals surface area contributed by atoms with Crippen molar-refractivity contribution in [2.75, 3.05) is 6.54 Å². The van der Waals surface area contributed by atoms with Crippen LogP contribution >= 0.6 is 12.2 Å². The Morgan fingerprint density at radius 1 is 1.46 bits per heavy atom. The van der Waals surface area contributed by atoms with Crippen LogP contribution in [0.3, 0.4) is 0 Å². The van der Waals surface area contributed by atoms with Crippen LogP contribution in [-0.4, -0.2) is 37.2 Å². The second kappa shape index (κ2) is 6.24. The smallest absolute Gasteiger partial charge is 0.389 e. The molecular weight excluding hydrogens is 334 g/mol. The Labute approximate surface area is 141 Å². The Hall–Kier alpha value is -3.01. The minimum Gasteiger partial charge on any atom is -0.460 e. The summed E-state index contributed by atoms with van der Waals surface area (Å²) in [7, 11) is 0. The molecule has 3 rings (SSSR count). The number of aromatic nitrogens is 2. The van der Waals surface area contributed by atoms with E-state index in [1.54, 1.807) is 18.2 Å². The Morgan fingerprint density at radius 3 is 2.88 bits per heavy atom. The maximum atomic E-state index is 12.1. The largest absolute Gasteiger partial charge is 0.460 e. The number of carbonyl (C=O) groups excluding carboxylic acids is 1. The van der Waals surface area contributed by atoms with Crippen molar-refractivity contribution >= 4 is 35.1 Å². The number of nitrogens with one attached hydrogen (secondary N) is 1. The average Bonchev–Trinajstić information content (AvgIpc) is 3.22. The minimum absolute atomic E-state index is 0.205. The number of furan rings is 1. The zero-order valence-corrected chi connectivity index (χ0v) is 13.4. The van der Waals surface area contributed by atoms with Gasteiger partial charge in [0, 0.05) is 12.6 Å². The molecule has 1 aliphatic rings. The molecule has 0 bridgehead atoms. The molecule has 0 spiro atoms. The first-order valence-electron chi connectivity index (χ1n) is 7.09. The fraction of sp³-hybridized carbons (Fsp3) is 0.214. The molecule has 2 aromatic heterocycles. The molecule has 124 valence electrons. The second-order valence-electron chi connectivity index (χ2n) is 4.97. The molecule has 0 aliphatic carbocycles. The van der Waals surface area contributed by atoms with E-state index in [0.29, 0.717) is 28.9 Å². The van der Waals surface area contributed by atoms with Gasteiger partial charge in [-0.25, -0.2) is 0 Å². The number of hydrogen-bond donors (Lipinski definition) is 1. The molecule has 24 heavy (non-hydrogen) atoms. The van der Waals surface area contributed by atoms with E-state index < -0.39 is 4.92 Å². The van der Waals surface area contributed by atoms with E-state index in [9.17, 15) is 14.9 Å². The standard InChI is InChI=1S/C14H13N5O4S/c1-2-18-13(20)11(15-14(18)24)7-9-3-4-10(23-9)8-17-6-5-12(16-17)19(21)22/h3-7H,2,8H2,1H3,(H,15,24)/b11-7+. The molecular formula is C14H13N5O4S. The lowest BCUT2D eigenvalue weighted by Crippen LogP contribution is -2.30. The number of nitro groups is 1. The van der Waals surface area contributed by atoms with Gasteiger partial charge in [-0.2, -0.15) is 4.68 Å². The maximum absolute atomic E-state index is 12.1. The van der Waals surface area contributed by atoms with Gasteiger partial charge in [0.1, 0.15) is 23.8 Å². The number of hydrogen-bond acceptors (Lipinski definition) is 6. The normalized spacial score (nSPS) is 16.0. The Morgan fingerprint density at radius 2 is 2.25 bits per heavy atom. The van der Waals surface area contributed by atoms with Crippen LogP contribution in [0.4, 0.5) is 5.82 Å². The van der Waals surface area contributed by atoms with Crippen molar-refractivity contribution < 1.29 is 14.1 Å². The highest BCUT2D eigenvalue weighted by Gasteiger charge is 2.29. The molecule has 0 aromatic carbocycles. The minimum atomic E-state index is -0.561. The quantitative estimate of drug-likeness (QED) is 0.378. The van der Waals surface area contributed by atoms with Crippen molar-refractivity contribution in [3.63, 3.8) is 0 Å². The first-order chi connectivity index (χ1) is 11.5. The molecule has 2 aromatic rings. The third-order valence-electron chi connectivity index (χ3n) is 3.38. The van der Waals surface area contributed by atoms with E-state index >= 15 is 0 Å². The summed E-state index contributed by atoms with van der Waals surface area (Å²) in [6.45, 7) is 2.57. The average molecular weight is 347 g/mol. The molecule has 1 saturated heterocycles. The van der Waals surface area contributed by atoms with Crippen molar-refractivity contribution in [2.24, 2.45) is 0 Å². The van der Waals surface area contributed by atoms with E-state index in [4.69, 9.17) is 16.6 Å². The van der Waals surface area contributed by atoms with Crippen molar-refractivity contribution in [1.29, 1.82) is 0 Å². The topological polar surface area (TPSA) is 106 Å². The lowest BCUT2D eigenvalue weighted by atomic mass is 10.3. The third-order valence-corrected chi connectivity index (χ3v) is 3.70. The molecule has 0 atom stereocenters. The summed E-state index contributed by atoms with van der Waals surface area (Å²) < 4.78 is 7.01. The van der Waals surface area contributed by atoms with Crippen molar-refractivity contribution in [3.8, 4) is 0 Å². The summed E-state index contributed by atoms with van der Waals surface area (Å²) in [5.41, 5.74) is 0.345. The molecule has 0 saturated carbocycles. The van der Waals surface area contributed by atoms with Gasteiger partial charge in [-0.15, -0.1) is 0 Å². The summed E-state index contributed by atoms with van der Waals surface area (Å²) in [6.07, 6.45) is 3.07. The third kappa shape index (κ3) is 3.04. The van der Waals surface area contributed by atoms with E-state index in [2.05, 4.69) is 10.4 Å². The highest BCUT2D eigenvalue weighted by Crippen LogP contribution is 2.17. The Kier molecular flexibility index (Phi) is 4.13. The zero-order chi connectivity index (χ0) is 17.3. The summed E-state index contributed by atoms with van der Waals surface area (Å²) in [6, 6.07) is 4.73. The summed E-state index contributed by atoms with van der Waals surface area (Å²) in [5.74, 6) is 0.601. The van der Waals surface area contributed by atoms with E-state index in [-0.39, 0.29) is 18.3 Å². The fourth-order valence-electron chi connectivity index (χ4n) is 2.25. The second-order valence-corrected chi connectivity index (χ2v) is 5.36. The van der Waals surface area contributed by atoms with Crippen LogP contribution < -0.4 is 5.32 Å². The van der Waals surface area contributed by atoms with Gasteiger partial charge in [0.2, 0.25) is 0 Å². The van der Waals surface area contributed by atoms with Crippen molar-refractivity contribution in [1.82, 2.24) is 20.0 Å². The number of nitrogens with zero attached hydrogens (tertiary/aromatic N) is 4. The van der Waals surface area contributed by atoms with Gasteiger partial charge in [-0.05, 0) is 36.2 Å². The zero-order valence-electron chi connectivity index (χ0n) is 12.6. The lowest BCUT2D eigenvalue weighted by Gasteiger charge is -2.08.